The van der Waals surface area contributed by atoms with Crippen LogP contribution in [0.15, 0.2) is 94.7 Å². The Labute approximate surface area is 183 Å². The number of nitrogens with one attached hydrogen (secondary N) is 2. The summed E-state index contributed by atoms with van der Waals surface area (Å²) >= 11 is 5.83. The first-order valence-corrected chi connectivity index (χ1v) is 11.0. The Morgan fingerprint density at radius 2 is 1.74 bits per heavy atom. The number of sulfonamides is 1. The second kappa shape index (κ2) is 8.63. The summed E-state index contributed by atoms with van der Waals surface area (Å²) in [5, 5.41) is 3.20. The van der Waals surface area contributed by atoms with Gasteiger partial charge in [0.2, 0.25) is 0 Å². The van der Waals surface area contributed by atoms with Crippen LogP contribution in [0.3, 0.4) is 0 Å². The summed E-state index contributed by atoms with van der Waals surface area (Å²) in [4.78, 5) is 16.8. The zero-order chi connectivity index (χ0) is 21.8. The number of aromatic nitrogens is 1. The highest BCUT2D eigenvalue weighted by Gasteiger charge is 2.19. The van der Waals surface area contributed by atoms with Crippen LogP contribution in [0.25, 0.3) is 11.3 Å². The van der Waals surface area contributed by atoms with E-state index < -0.39 is 15.9 Å². The van der Waals surface area contributed by atoms with Crippen molar-refractivity contribution in [3.05, 3.63) is 96.0 Å². The van der Waals surface area contributed by atoms with Crippen LogP contribution in [0.2, 0.25) is 5.02 Å². The lowest BCUT2D eigenvalue weighted by atomic mass is 10.1. The molecule has 0 atom stereocenters. The van der Waals surface area contributed by atoms with Crippen LogP contribution >= 0.6 is 11.6 Å². The number of benzene rings is 3. The number of oxazole rings is 1. The highest BCUT2D eigenvalue weighted by atomic mass is 35.5. The molecule has 0 radical (unpaired) electrons. The predicted molar refractivity (Wildman–Crippen MR) is 119 cm³/mol. The Morgan fingerprint density at radius 1 is 0.968 bits per heavy atom. The van der Waals surface area contributed by atoms with Crippen molar-refractivity contribution in [3.63, 3.8) is 0 Å². The van der Waals surface area contributed by atoms with E-state index in [1.165, 1.54) is 42.8 Å². The van der Waals surface area contributed by atoms with Gasteiger partial charge in [0.1, 0.15) is 0 Å². The van der Waals surface area contributed by atoms with E-state index in [0.717, 1.165) is 5.56 Å². The molecule has 0 saturated carbocycles. The molecular weight excluding hydrogens is 438 g/mol. The van der Waals surface area contributed by atoms with E-state index in [2.05, 4.69) is 15.0 Å². The molecule has 4 rings (SSSR count). The summed E-state index contributed by atoms with van der Waals surface area (Å²) in [5.41, 5.74) is 1.59. The second-order valence-electron chi connectivity index (χ2n) is 6.51. The minimum atomic E-state index is -3.90. The first-order chi connectivity index (χ1) is 14.9. The van der Waals surface area contributed by atoms with Gasteiger partial charge in [-0.05, 0) is 48.5 Å². The Balaban J connectivity index is 1.58. The van der Waals surface area contributed by atoms with Crippen LogP contribution in [-0.4, -0.2) is 19.3 Å². The monoisotopic (exact) mass is 453 g/mol. The summed E-state index contributed by atoms with van der Waals surface area (Å²) in [6.45, 7) is 0. The van der Waals surface area contributed by atoms with Gasteiger partial charge in [-0.3, -0.25) is 9.52 Å². The largest absolute Gasteiger partial charge is 0.444 e. The van der Waals surface area contributed by atoms with Crippen LogP contribution in [0.1, 0.15) is 10.4 Å². The van der Waals surface area contributed by atoms with Crippen LogP contribution in [0, 0.1) is 0 Å². The highest BCUT2D eigenvalue weighted by molar-refractivity contribution is 7.92. The molecule has 0 saturated heterocycles. The molecule has 1 aromatic heterocycles. The van der Waals surface area contributed by atoms with E-state index in [1.54, 1.807) is 36.5 Å². The number of hydrogen-bond acceptors (Lipinski definition) is 5. The summed E-state index contributed by atoms with van der Waals surface area (Å²) in [6, 6.07) is 19.1. The van der Waals surface area contributed by atoms with Crippen molar-refractivity contribution in [1.29, 1.82) is 0 Å². The quantitative estimate of drug-likeness (QED) is 0.425. The summed E-state index contributed by atoms with van der Waals surface area (Å²) in [7, 11) is -3.90. The number of anilines is 2. The fourth-order valence-corrected chi connectivity index (χ4v) is 4.10. The first-order valence-electron chi connectivity index (χ1n) is 9.10. The zero-order valence-electron chi connectivity index (χ0n) is 15.9. The van der Waals surface area contributed by atoms with Crippen molar-refractivity contribution < 1.29 is 17.6 Å². The maximum Gasteiger partial charge on any atom is 0.261 e. The average molecular weight is 454 g/mol. The van der Waals surface area contributed by atoms with Gasteiger partial charge in [-0.2, -0.15) is 0 Å². The molecule has 0 aliphatic heterocycles. The van der Waals surface area contributed by atoms with Gasteiger partial charge >= 0.3 is 0 Å². The SMILES string of the molecule is O=C(Nc1cccc(-c2cnco2)c1)c1ccccc1NS(=O)(=O)c1ccc(Cl)cc1. The lowest BCUT2D eigenvalue weighted by Crippen LogP contribution is -2.18. The third-order valence-electron chi connectivity index (χ3n) is 4.38. The second-order valence-corrected chi connectivity index (χ2v) is 8.62. The summed E-state index contributed by atoms with van der Waals surface area (Å²) in [5.74, 6) is 0.0938. The molecule has 9 heteroatoms. The van der Waals surface area contributed by atoms with Gasteiger partial charge in [0.05, 0.1) is 22.3 Å². The molecule has 0 spiro atoms. The lowest BCUT2D eigenvalue weighted by Gasteiger charge is -2.13. The fourth-order valence-electron chi connectivity index (χ4n) is 2.89. The molecule has 0 unspecified atom stereocenters. The molecule has 0 fully saturated rings. The number of carbonyl (C=O) groups excluding carboxylic acids is 1. The van der Waals surface area contributed by atoms with Gasteiger partial charge in [0.15, 0.2) is 12.2 Å². The molecule has 1 heterocycles. The van der Waals surface area contributed by atoms with Gasteiger partial charge in [-0.1, -0.05) is 35.9 Å². The number of para-hydroxylation sites is 1. The van der Waals surface area contributed by atoms with Gasteiger partial charge in [-0.25, -0.2) is 13.4 Å². The van der Waals surface area contributed by atoms with E-state index in [1.807, 2.05) is 6.07 Å². The standard InChI is InChI=1S/C22H16ClN3O4S/c23-16-8-10-18(11-9-16)31(28,29)26-20-7-2-1-6-19(20)22(27)25-17-5-3-4-15(12-17)21-13-24-14-30-21/h1-14,26H,(H,25,27). The lowest BCUT2D eigenvalue weighted by molar-refractivity contribution is 0.102. The smallest absolute Gasteiger partial charge is 0.261 e. The van der Waals surface area contributed by atoms with Crippen LogP contribution in [0.5, 0.6) is 0 Å². The zero-order valence-corrected chi connectivity index (χ0v) is 17.5. The molecule has 0 aliphatic carbocycles. The van der Waals surface area contributed by atoms with Crippen molar-refractivity contribution in [2.45, 2.75) is 4.90 Å². The van der Waals surface area contributed by atoms with Crippen molar-refractivity contribution in [2.75, 3.05) is 10.0 Å². The number of rotatable bonds is 6. The molecule has 2 N–H and O–H groups in total. The Bertz CT molecular complexity index is 1320. The maximum absolute atomic E-state index is 12.9. The van der Waals surface area contributed by atoms with Gasteiger partial charge in [0.25, 0.3) is 15.9 Å². The van der Waals surface area contributed by atoms with Crippen molar-refractivity contribution >= 4 is 38.9 Å². The first kappa shape index (κ1) is 20.6. The third-order valence-corrected chi connectivity index (χ3v) is 6.01. The molecule has 156 valence electrons. The Morgan fingerprint density at radius 3 is 2.48 bits per heavy atom. The molecule has 0 bridgehead atoms. The molecule has 4 aromatic rings. The van der Waals surface area contributed by atoms with Gasteiger partial charge in [0, 0.05) is 16.3 Å². The normalized spacial score (nSPS) is 11.1. The number of nitrogens with zero attached hydrogens (tertiary/aromatic N) is 1. The minimum Gasteiger partial charge on any atom is -0.444 e. The Hall–Kier alpha value is -3.62. The number of carbonyl (C=O) groups is 1. The Kier molecular flexibility index (Phi) is 5.75. The molecular formula is C22H16ClN3O4S. The molecule has 1 amide bonds. The number of amides is 1. The highest BCUT2D eigenvalue weighted by Crippen LogP contribution is 2.25. The minimum absolute atomic E-state index is 0.0341. The molecule has 3 aromatic carbocycles. The van der Waals surface area contributed by atoms with E-state index in [9.17, 15) is 13.2 Å². The molecule has 7 nitrogen and oxygen atoms in total. The average Bonchev–Trinajstić information content (AvgIpc) is 3.29. The van der Waals surface area contributed by atoms with E-state index in [-0.39, 0.29) is 16.1 Å². The topological polar surface area (TPSA) is 101 Å². The van der Waals surface area contributed by atoms with E-state index >= 15 is 0 Å². The van der Waals surface area contributed by atoms with E-state index in [4.69, 9.17) is 16.0 Å². The van der Waals surface area contributed by atoms with Gasteiger partial charge < -0.3 is 9.73 Å². The summed E-state index contributed by atoms with van der Waals surface area (Å²) < 4.78 is 33.2. The van der Waals surface area contributed by atoms with Crippen molar-refractivity contribution in [2.24, 2.45) is 0 Å². The molecule has 0 aliphatic rings. The predicted octanol–water partition coefficient (Wildman–Crippen LogP) is 5.05. The number of hydrogen-bond donors (Lipinski definition) is 2. The van der Waals surface area contributed by atoms with Crippen LogP contribution in [-0.2, 0) is 10.0 Å². The summed E-state index contributed by atoms with van der Waals surface area (Å²) in [6.07, 6.45) is 2.89. The maximum atomic E-state index is 12.9. The molecule has 31 heavy (non-hydrogen) atoms. The van der Waals surface area contributed by atoms with Crippen LogP contribution < -0.4 is 10.0 Å². The van der Waals surface area contributed by atoms with Crippen molar-refractivity contribution in [1.82, 2.24) is 4.98 Å². The van der Waals surface area contributed by atoms with Crippen LogP contribution in [0.4, 0.5) is 11.4 Å². The van der Waals surface area contributed by atoms with E-state index in [0.29, 0.717) is 16.5 Å². The third kappa shape index (κ3) is 4.76. The fraction of sp³-hybridized carbons (Fsp3) is 0. The van der Waals surface area contributed by atoms with Gasteiger partial charge in [-0.15, -0.1) is 0 Å². The number of halogens is 1. The van der Waals surface area contributed by atoms with Crippen molar-refractivity contribution in [3.8, 4) is 11.3 Å².